The molecule has 0 saturated carbocycles. The lowest BCUT2D eigenvalue weighted by Crippen LogP contribution is -2.53. The van der Waals surface area contributed by atoms with E-state index in [-0.39, 0.29) is 18.7 Å². The number of hydrogen-bond donors (Lipinski definition) is 4. The van der Waals surface area contributed by atoms with Crippen molar-refractivity contribution in [3.05, 3.63) is 0 Å². The zero-order chi connectivity index (χ0) is 15.9. The number of carboxylic acids is 1. The van der Waals surface area contributed by atoms with Gasteiger partial charge in [-0.1, -0.05) is 0 Å². The first-order valence-electron chi connectivity index (χ1n) is 6.15. The van der Waals surface area contributed by atoms with Crippen molar-refractivity contribution in [2.45, 2.75) is 52.1 Å². The van der Waals surface area contributed by atoms with Gasteiger partial charge >= 0.3 is 12.0 Å². The van der Waals surface area contributed by atoms with Crippen LogP contribution in [0.5, 0.6) is 0 Å². The lowest BCUT2D eigenvalue weighted by Gasteiger charge is -2.23. The maximum absolute atomic E-state index is 11.7. The summed E-state index contributed by atoms with van der Waals surface area (Å²) in [5, 5.41) is 15.3. The molecule has 1 unspecified atom stereocenters. The predicted octanol–water partition coefficient (Wildman–Crippen LogP) is -0.0198. The number of urea groups is 1. The van der Waals surface area contributed by atoms with Gasteiger partial charge in [0, 0.05) is 12.0 Å². The third-order valence-electron chi connectivity index (χ3n) is 2.06. The zero-order valence-electron chi connectivity index (χ0n) is 12.1. The average molecular weight is 287 g/mol. The average Bonchev–Trinajstić information content (AvgIpc) is 2.23. The van der Waals surface area contributed by atoms with E-state index in [1.54, 1.807) is 20.8 Å². The fourth-order valence-corrected chi connectivity index (χ4v) is 1.19. The maximum Gasteiger partial charge on any atom is 0.322 e. The van der Waals surface area contributed by atoms with Crippen LogP contribution in [0.1, 0.15) is 40.5 Å². The van der Waals surface area contributed by atoms with Gasteiger partial charge < -0.3 is 15.7 Å². The van der Waals surface area contributed by atoms with E-state index >= 15 is 0 Å². The molecule has 0 aliphatic rings. The van der Waals surface area contributed by atoms with Crippen molar-refractivity contribution in [1.82, 2.24) is 16.0 Å². The van der Waals surface area contributed by atoms with Crippen molar-refractivity contribution < 1.29 is 24.3 Å². The minimum Gasteiger partial charge on any atom is -0.481 e. The first-order chi connectivity index (χ1) is 9.01. The van der Waals surface area contributed by atoms with E-state index in [1.807, 2.05) is 5.32 Å². The minimum absolute atomic E-state index is 0.300. The van der Waals surface area contributed by atoms with Gasteiger partial charge in [-0.3, -0.25) is 19.7 Å². The number of nitrogens with one attached hydrogen (secondary N) is 3. The molecule has 0 spiro atoms. The summed E-state index contributed by atoms with van der Waals surface area (Å²) < 4.78 is 0. The van der Waals surface area contributed by atoms with E-state index in [9.17, 15) is 19.2 Å². The minimum atomic E-state index is -1.13. The highest BCUT2D eigenvalue weighted by Crippen LogP contribution is 1.99. The van der Waals surface area contributed by atoms with Gasteiger partial charge in [-0.15, -0.1) is 0 Å². The van der Waals surface area contributed by atoms with Crippen molar-refractivity contribution in [2.24, 2.45) is 0 Å². The van der Waals surface area contributed by atoms with Gasteiger partial charge in [0.15, 0.2) is 0 Å². The van der Waals surface area contributed by atoms with Gasteiger partial charge in [0.25, 0.3) is 0 Å². The lowest BCUT2D eigenvalue weighted by atomic mass is 10.1. The molecule has 1 atom stereocenters. The summed E-state index contributed by atoms with van der Waals surface area (Å²) in [7, 11) is 0. The molecule has 0 aliphatic heterocycles. The van der Waals surface area contributed by atoms with Crippen LogP contribution in [0.3, 0.4) is 0 Å². The monoisotopic (exact) mass is 287 g/mol. The van der Waals surface area contributed by atoms with Crippen LogP contribution in [0.2, 0.25) is 0 Å². The maximum atomic E-state index is 11.7. The second-order valence-corrected chi connectivity index (χ2v) is 5.38. The quantitative estimate of drug-likeness (QED) is 0.565. The Morgan fingerprint density at radius 3 is 2.10 bits per heavy atom. The summed E-state index contributed by atoms with van der Waals surface area (Å²) in [6, 6.07) is -1.65. The molecule has 8 heteroatoms. The molecule has 0 radical (unpaired) electrons. The highest BCUT2D eigenvalue weighted by molar-refractivity contribution is 5.97. The number of rotatable bonds is 5. The van der Waals surface area contributed by atoms with E-state index in [0.29, 0.717) is 0 Å². The molecule has 8 nitrogen and oxygen atoms in total. The van der Waals surface area contributed by atoms with Crippen LogP contribution >= 0.6 is 0 Å². The van der Waals surface area contributed by atoms with Crippen molar-refractivity contribution >= 4 is 23.8 Å². The van der Waals surface area contributed by atoms with Gasteiger partial charge in [0.2, 0.25) is 11.8 Å². The molecule has 0 aliphatic carbocycles. The van der Waals surface area contributed by atoms with Crippen molar-refractivity contribution in [3.8, 4) is 0 Å². The molecule has 20 heavy (non-hydrogen) atoms. The van der Waals surface area contributed by atoms with Crippen molar-refractivity contribution in [3.63, 3.8) is 0 Å². The number of hydrogen-bond acceptors (Lipinski definition) is 4. The molecule has 114 valence electrons. The number of amides is 4. The molecule has 0 bridgehead atoms. The Hall–Kier alpha value is -2.12. The molecule has 0 aromatic rings. The van der Waals surface area contributed by atoms with Crippen LogP contribution in [-0.2, 0) is 14.4 Å². The molecule has 0 heterocycles. The molecule has 0 aromatic carbocycles. The fourth-order valence-electron chi connectivity index (χ4n) is 1.19. The van der Waals surface area contributed by atoms with Gasteiger partial charge in [0.1, 0.15) is 6.04 Å². The Morgan fingerprint density at radius 1 is 1.10 bits per heavy atom. The van der Waals surface area contributed by atoms with Gasteiger partial charge in [0.05, 0.1) is 6.42 Å². The zero-order valence-corrected chi connectivity index (χ0v) is 12.1. The van der Waals surface area contributed by atoms with Crippen LogP contribution in [0.4, 0.5) is 4.79 Å². The first kappa shape index (κ1) is 17.9. The van der Waals surface area contributed by atoms with Crippen LogP contribution in [0.25, 0.3) is 0 Å². The molecular formula is C12H21N3O5. The summed E-state index contributed by atoms with van der Waals surface area (Å²) in [4.78, 5) is 44.5. The fraction of sp³-hybridized carbons (Fsp3) is 0.667. The highest BCUT2D eigenvalue weighted by atomic mass is 16.4. The van der Waals surface area contributed by atoms with Crippen molar-refractivity contribution in [1.29, 1.82) is 0 Å². The normalized spacial score (nSPS) is 12.2. The highest BCUT2D eigenvalue weighted by Gasteiger charge is 2.21. The van der Waals surface area contributed by atoms with Crippen LogP contribution < -0.4 is 16.0 Å². The second-order valence-electron chi connectivity index (χ2n) is 5.38. The molecule has 4 amide bonds. The van der Waals surface area contributed by atoms with Crippen LogP contribution in [0.15, 0.2) is 0 Å². The third kappa shape index (κ3) is 8.90. The molecule has 0 saturated heterocycles. The van der Waals surface area contributed by atoms with Gasteiger partial charge in [-0.2, -0.15) is 0 Å². The van der Waals surface area contributed by atoms with E-state index in [0.717, 1.165) is 0 Å². The Kier molecular flexibility index (Phi) is 6.67. The SMILES string of the molecule is CC(NC(=O)NC(=O)CCC(=O)O)C(=O)NC(C)(C)C. The molecule has 0 rings (SSSR count). The molecule has 0 aromatic heterocycles. The summed E-state index contributed by atoms with van der Waals surface area (Å²) in [6.07, 6.45) is -0.662. The Labute approximate surface area is 117 Å². The summed E-state index contributed by atoms with van der Waals surface area (Å²) in [5.41, 5.74) is -0.430. The summed E-state index contributed by atoms with van der Waals surface area (Å²) >= 11 is 0. The topological polar surface area (TPSA) is 125 Å². The van der Waals surface area contributed by atoms with Gasteiger partial charge in [-0.25, -0.2) is 4.79 Å². The molecule has 0 fully saturated rings. The summed E-state index contributed by atoms with van der Waals surface area (Å²) in [5.74, 6) is -2.22. The van der Waals surface area contributed by atoms with Crippen molar-refractivity contribution in [2.75, 3.05) is 0 Å². The number of aliphatic carboxylic acids is 1. The van der Waals surface area contributed by atoms with E-state index in [2.05, 4.69) is 10.6 Å². The summed E-state index contributed by atoms with van der Waals surface area (Å²) in [6.45, 7) is 6.87. The lowest BCUT2D eigenvalue weighted by molar-refractivity contribution is -0.138. The standard InChI is InChI=1S/C12H21N3O5/c1-7(10(19)15-12(2,3)4)13-11(20)14-8(16)5-6-9(17)18/h7H,5-6H2,1-4H3,(H,15,19)(H,17,18)(H2,13,14,16,20). The number of carbonyl (C=O) groups is 4. The number of imide groups is 1. The largest absolute Gasteiger partial charge is 0.481 e. The molecule has 4 N–H and O–H groups in total. The van der Waals surface area contributed by atoms with E-state index < -0.39 is 29.5 Å². The predicted molar refractivity (Wildman–Crippen MR) is 70.9 cm³/mol. The Balaban J connectivity index is 4.16. The number of carboxylic acid groups (broad SMARTS) is 1. The Bertz CT molecular complexity index is 400. The van der Waals surface area contributed by atoms with E-state index in [1.165, 1.54) is 6.92 Å². The molecular weight excluding hydrogens is 266 g/mol. The smallest absolute Gasteiger partial charge is 0.322 e. The van der Waals surface area contributed by atoms with Crippen LogP contribution in [0, 0.1) is 0 Å². The van der Waals surface area contributed by atoms with Crippen LogP contribution in [-0.4, -0.2) is 40.5 Å². The van der Waals surface area contributed by atoms with E-state index in [4.69, 9.17) is 5.11 Å². The first-order valence-corrected chi connectivity index (χ1v) is 6.15. The number of carbonyl (C=O) groups excluding carboxylic acids is 3. The Morgan fingerprint density at radius 2 is 1.65 bits per heavy atom. The third-order valence-corrected chi connectivity index (χ3v) is 2.06. The second kappa shape index (κ2) is 7.46. The van der Waals surface area contributed by atoms with Gasteiger partial charge in [-0.05, 0) is 27.7 Å².